The first kappa shape index (κ1) is 23.4. The highest BCUT2D eigenvalue weighted by molar-refractivity contribution is 5.95. The van der Waals surface area contributed by atoms with Crippen LogP contribution in [0.3, 0.4) is 0 Å². The maximum Gasteiger partial charge on any atom is 0.408 e. The Morgan fingerprint density at radius 3 is 2.17 bits per heavy atom. The van der Waals surface area contributed by atoms with Gasteiger partial charge in [-0.3, -0.25) is 4.79 Å². The molecule has 2 fully saturated rings. The Morgan fingerprint density at radius 2 is 1.63 bits per heavy atom. The van der Waals surface area contributed by atoms with Crippen LogP contribution < -0.4 is 5.32 Å². The van der Waals surface area contributed by atoms with Crippen molar-refractivity contribution in [3.05, 3.63) is 59.7 Å². The molecule has 7 nitrogen and oxygen atoms in total. The fourth-order valence-electron chi connectivity index (χ4n) is 6.19. The van der Waals surface area contributed by atoms with Crippen LogP contribution in [0.1, 0.15) is 68.9 Å². The molecule has 7 heteroatoms. The van der Waals surface area contributed by atoms with Crippen LogP contribution in [0.15, 0.2) is 48.5 Å². The van der Waals surface area contributed by atoms with Gasteiger partial charge in [-0.1, -0.05) is 61.9 Å². The number of carbonyl (C=O) groups excluding carboxylic acids is 2. The normalized spacial score (nSPS) is 22.1. The zero-order chi connectivity index (χ0) is 24.6. The van der Waals surface area contributed by atoms with E-state index in [1.165, 1.54) is 4.90 Å². The summed E-state index contributed by atoms with van der Waals surface area (Å²) < 4.78 is 5.69. The Morgan fingerprint density at radius 1 is 1.00 bits per heavy atom. The molecule has 5 rings (SSSR count). The molecule has 1 saturated carbocycles. The summed E-state index contributed by atoms with van der Waals surface area (Å²) in [5.74, 6) is -1.31. The van der Waals surface area contributed by atoms with Crippen LogP contribution in [-0.4, -0.2) is 52.2 Å². The van der Waals surface area contributed by atoms with Crippen LogP contribution >= 0.6 is 0 Å². The quantitative estimate of drug-likeness (QED) is 0.604. The van der Waals surface area contributed by atoms with Crippen molar-refractivity contribution in [2.75, 3.05) is 13.2 Å². The molecule has 1 unspecified atom stereocenters. The van der Waals surface area contributed by atoms with Crippen molar-refractivity contribution in [2.24, 2.45) is 0 Å². The molecule has 3 aliphatic rings. The number of aliphatic carboxylic acids is 1. The van der Waals surface area contributed by atoms with E-state index in [1.807, 2.05) is 31.2 Å². The van der Waals surface area contributed by atoms with Gasteiger partial charge in [0, 0.05) is 12.5 Å². The summed E-state index contributed by atoms with van der Waals surface area (Å²) in [5, 5.41) is 12.9. The second kappa shape index (κ2) is 9.02. The Hall–Kier alpha value is -3.35. The monoisotopic (exact) mass is 476 g/mol. The lowest BCUT2D eigenvalue weighted by Crippen LogP contribution is -2.67. The average Bonchev–Trinajstić information content (AvgIpc) is 3.40. The van der Waals surface area contributed by atoms with Crippen LogP contribution in [0.25, 0.3) is 11.1 Å². The second-order valence-electron chi connectivity index (χ2n) is 10.0. The Kier molecular flexibility index (Phi) is 6.03. The largest absolute Gasteiger partial charge is 0.479 e. The number of amides is 2. The summed E-state index contributed by atoms with van der Waals surface area (Å²) >= 11 is 0. The number of likely N-dealkylation sites (tertiary alicyclic amines) is 1. The minimum absolute atomic E-state index is 0.0658. The molecule has 0 spiro atoms. The summed E-state index contributed by atoms with van der Waals surface area (Å²) in [6, 6.07) is 16.3. The van der Waals surface area contributed by atoms with Gasteiger partial charge in [0.15, 0.2) is 0 Å². The van der Waals surface area contributed by atoms with Crippen molar-refractivity contribution in [1.29, 1.82) is 0 Å². The van der Waals surface area contributed by atoms with Gasteiger partial charge in [-0.25, -0.2) is 9.59 Å². The second-order valence-corrected chi connectivity index (χ2v) is 10.0. The summed E-state index contributed by atoms with van der Waals surface area (Å²) in [6.45, 7) is 2.50. The zero-order valence-corrected chi connectivity index (χ0v) is 20.1. The summed E-state index contributed by atoms with van der Waals surface area (Å²) in [5.41, 5.74) is 2.28. The third kappa shape index (κ3) is 3.77. The number of ether oxygens (including phenoxy) is 1. The van der Waals surface area contributed by atoms with Crippen LogP contribution in [0, 0.1) is 0 Å². The fraction of sp³-hybridized carbons (Fsp3) is 0.464. The number of carboxylic acids is 1. The lowest BCUT2D eigenvalue weighted by Gasteiger charge is -2.46. The maximum atomic E-state index is 13.7. The van der Waals surface area contributed by atoms with E-state index < -0.39 is 23.1 Å². The number of benzene rings is 2. The molecular formula is C28H32N2O5. The van der Waals surface area contributed by atoms with Gasteiger partial charge in [0.05, 0.1) is 0 Å². The van der Waals surface area contributed by atoms with E-state index in [0.717, 1.165) is 28.7 Å². The molecule has 0 bridgehead atoms. The molecular weight excluding hydrogens is 444 g/mol. The smallest absolute Gasteiger partial charge is 0.408 e. The van der Waals surface area contributed by atoms with Crippen molar-refractivity contribution in [3.8, 4) is 11.1 Å². The van der Waals surface area contributed by atoms with E-state index in [9.17, 15) is 19.5 Å². The summed E-state index contributed by atoms with van der Waals surface area (Å²) in [7, 11) is 0. The third-order valence-corrected chi connectivity index (χ3v) is 8.10. The average molecular weight is 477 g/mol. The van der Waals surface area contributed by atoms with Gasteiger partial charge in [-0.2, -0.15) is 0 Å². The SMILES string of the molecule is CCCC1(C(=O)O)CCCN1C(=O)C1(NC(=O)OCC2c3ccccc3-c3ccccc32)CCC1. The first-order valence-electron chi connectivity index (χ1n) is 12.6. The number of carbonyl (C=O) groups is 3. The zero-order valence-electron chi connectivity index (χ0n) is 20.1. The molecule has 1 saturated heterocycles. The van der Waals surface area contributed by atoms with Crippen molar-refractivity contribution in [2.45, 2.75) is 68.9 Å². The minimum Gasteiger partial charge on any atom is -0.479 e. The van der Waals surface area contributed by atoms with Crippen molar-refractivity contribution in [1.82, 2.24) is 10.2 Å². The van der Waals surface area contributed by atoms with Crippen LogP contribution in [-0.2, 0) is 14.3 Å². The Labute approximate surface area is 205 Å². The molecule has 1 aliphatic heterocycles. The van der Waals surface area contributed by atoms with Gasteiger partial charge in [0.1, 0.15) is 17.7 Å². The van der Waals surface area contributed by atoms with Crippen molar-refractivity contribution in [3.63, 3.8) is 0 Å². The highest BCUT2D eigenvalue weighted by atomic mass is 16.5. The number of fused-ring (bicyclic) bond motifs is 3. The molecule has 184 valence electrons. The van der Waals surface area contributed by atoms with Crippen LogP contribution in [0.2, 0.25) is 0 Å². The predicted octanol–water partition coefficient (Wildman–Crippen LogP) is 4.69. The first-order valence-corrected chi connectivity index (χ1v) is 12.6. The molecule has 2 N–H and O–H groups in total. The number of carboxylic acid groups (broad SMARTS) is 1. The topological polar surface area (TPSA) is 95.9 Å². The van der Waals surface area contributed by atoms with Gasteiger partial charge < -0.3 is 20.1 Å². The van der Waals surface area contributed by atoms with Crippen molar-refractivity contribution < 1.29 is 24.2 Å². The minimum atomic E-state index is -1.18. The highest BCUT2D eigenvalue weighted by Crippen LogP contribution is 2.45. The highest BCUT2D eigenvalue weighted by Gasteiger charge is 2.56. The lowest BCUT2D eigenvalue weighted by atomic mass is 9.74. The Balaban J connectivity index is 1.30. The number of rotatable bonds is 7. The summed E-state index contributed by atoms with van der Waals surface area (Å²) in [6.07, 6.45) is 3.34. The third-order valence-electron chi connectivity index (χ3n) is 8.10. The molecule has 0 radical (unpaired) electrons. The number of nitrogens with one attached hydrogen (secondary N) is 1. The molecule has 1 atom stereocenters. The number of hydrogen-bond donors (Lipinski definition) is 2. The molecule has 35 heavy (non-hydrogen) atoms. The molecule has 2 amide bonds. The van der Waals surface area contributed by atoms with Gasteiger partial charge in [-0.05, 0) is 60.8 Å². The first-order chi connectivity index (χ1) is 16.9. The van der Waals surface area contributed by atoms with Crippen molar-refractivity contribution >= 4 is 18.0 Å². The van der Waals surface area contributed by atoms with Gasteiger partial charge in [0.25, 0.3) is 0 Å². The number of alkyl carbamates (subject to hydrolysis) is 1. The maximum absolute atomic E-state index is 13.7. The standard InChI is InChI=1S/C28H32N2O5/c1-2-13-28(25(32)33)16-8-17-30(28)24(31)27(14-7-15-27)29-26(34)35-18-23-21-11-5-3-9-19(21)20-10-4-6-12-22(20)23/h3-6,9-12,23H,2,7-8,13-18H2,1H3,(H,29,34)(H,32,33). The van der Waals surface area contributed by atoms with Gasteiger partial charge >= 0.3 is 12.1 Å². The van der Waals surface area contributed by atoms with Crippen LogP contribution in [0.5, 0.6) is 0 Å². The van der Waals surface area contributed by atoms with E-state index in [-0.39, 0.29) is 18.4 Å². The van der Waals surface area contributed by atoms with E-state index in [4.69, 9.17) is 4.74 Å². The van der Waals surface area contributed by atoms with E-state index in [2.05, 4.69) is 29.6 Å². The molecule has 2 aliphatic carbocycles. The molecule has 2 aromatic rings. The fourth-order valence-corrected chi connectivity index (χ4v) is 6.19. The summed E-state index contributed by atoms with van der Waals surface area (Å²) in [4.78, 5) is 40.4. The molecule has 2 aromatic carbocycles. The van der Waals surface area contributed by atoms with Crippen LogP contribution in [0.4, 0.5) is 4.79 Å². The molecule has 0 aromatic heterocycles. The van der Waals surface area contributed by atoms with Gasteiger partial charge in [-0.15, -0.1) is 0 Å². The number of nitrogens with zero attached hydrogens (tertiary/aromatic N) is 1. The van der Waals surface area contributed by atoms with Gasteiger partial charge in [0.2, 0.25) is 5.91 Å². The Bertz CT molecular complexity index is 1110. The van der Waals surface area contributed by atoms with E-state index >= 15 is 0 Å². The molecule has 1 heterocycles. The van der Waals surface area contributed by atoms with E-state index in [1.54, 1.807) is 0 Å². The van der Waals surface area contributed by atoms with E-state index in [0.29, 0.717) is 45.1 Å². The lowest BCUT2D eigenvalue weighted by molar-refractivity contribution is -0.161. The number of hydrogen-bond acceptors (Lipinski definition) is 4. The predicted molar refractivity (Wildman–Crippen MR) is 131 cm³/mol.